The molecular weight excluding hydrogens is 347 g/mol. The molecule has 0 radical (unpaired) electrons. The largest absolute Gasteiger partial charge is 0.481 e. The second-order valence-electron chi connectivity index (χ2n) is 7.81. The number of nitrogens with zero attached hydrogens (tertiary/aromatic N) is 1. The minimum absolute atomic E-state index is 0.0328. The molecule has 2 aliphatic carbocycles. The number of aliphatic carboxylic acids is 1. The predicted molar refractivity (Wildman–Crippen MR) is 101 cm³/mol. The summed E-state index contributed by atoms with van der Waals surface area (Å²) in [5, 5.41) is 12.2. The number of amides is 2. The van der Waals surface area contributed by atoms with Crippen molar-refractivity contribution in [1.82, 2.24) is 10.2 Å². The highest BCUT2D eigenvalue weighted by Gasteiger charge is 2.30. The molecule has 1 aromatic carbocycles. The Balaban J connectivity index is 1.58. The van der Waals surface area contributed by atoms with Crippen LogP contribution in [0.5, 0.6) is 0 Å². The van der Waals surface area contributed by atoms with E-state index in [2.05, 4.69) is 5.32 Å². The van der Waals surface area contributed by atoms with Crippen molar-refractivity contribution in [1.29, 1.82) is 0 Å². The fourth-order valence-corrected chi connectivity index (χ4v) is 4.35. The Morgan fingerprint density at radius 3 is 2.37 bits per heavy atom. The zero-order valence-corrected chi connectivity index (χ0v) is 15.7. The first-order valence-corrected chi connectivity index (χ1v) is 10.1. The third-order valence-corrected chi connectivity index (χ3v) is 6.01. The smallest absolute Gasteiger partial charge is 0.317 e. The van der Waals surface area contributed by atoms with E-state index in [1.165, 1.54) is 6.07 Å². The molecule has 0 aromatic heterocycles. The monoisotopic (exact) mass is 376 g/mol. The van der Waals surface area contributed by atoms with Crippen LogP contribution in [-0.2, 0) is 11.2 Å². The molecule has 0 aliphatic heterocycles. The molecule has 6 heteroatoms. The van der Waals surface area contributed by atoms with E-state index in [9.17, 15) is 14.0 Å². The summed E-state index contributed by atoms with van der Waals surface area (Å²) in [7, 11) is 0. The van der Waals surface area contributed by atoms with Crippen LogP contribution in [0.1, 0.15) is 56.9 Å². The van der Waals surface area contributed by atoms with Crippen LogP contribution in [0.4, 0.5) is 9.18 Å². The molecule has 2 amide bonds. The molecule has 0 spiro atoms. The quantitative estimate of drug-likeness (QED) is 0.789. The molecule has 2 N–H and O–H groups in total. The Hall–Kier alpha value is -2.11. The lowest BCUT2D eigenvalue weighted by Crippen LogP contribution is -2.50. The molecule has 0 unspecified atom stereocenters. The average Bonchev–Trinajstić information content (AvgIpc) is 3.18. The van der Waals surface area contributed by atoms with Crippen molar-refractivity contribution in [2.45, 2.75) is 69.9 Å². The molecule has 27 heavy (non-hydrogen) atoms. The zero-order chi connectivity index (χ0) is 19.2. The first-order chi connectivity index (χ1) is 13.0. The molecule has 1 aromatic rings. The van der Waals surface area contributed by atoms with E-state index >= 15 is 0 Å². The Kier molecular flexibility index (Phi) is 6.69. The molecule has 5 nitrogen and oxygen atoms in total. The van der Waals surface area contributed by atoms with Crippen molar-refractivity contribution < 1.29 is 19.1 Å². The van der Waals surface area contributed by atoms with Crippen LogP contribution in [0.25, 0.3) is 0 Å². The van der Waals surface area contributed by atoms with Crippen LogP contribution >= 0.6 is 0 Å². The third kappa shape index (κ3) is 5.21. The fraction of sp³-hybridized carbons (Fsp3) is 0.619. The van der Waals surface area contributed by atoms with Crippen LogP contribution < -0.4 is 5.32 Å². The first kappa shape index (κ1) is 19.6. The minimum Gasteiger partial charge on any atom is -0.481 e. The molecule has 0 atom stereocenters. The van der Waals surface area contributed by atoms with Gasteiger partial charge in [-0.15, -0.1) is 0 Å². The van der Waals surface area contributed by atoms with Gasteiger partial charge in [0.1, 0.15) is 5.82 Å². The number of hydrogen-bond acceptors (Lipinski definition) is 2. The van der Waals surface area contributed by atoms with Gasteiger partial charge in [0.25, 0.3) is 0 Å². The number of benzene rings is 1. The predicted octanol–water partition coefficient (Wildman–Crippen LogP) is 3.97. The first-order valence-electron chi connectivity index (χ1n) is 10.1. The highest BCUT2D eigenvalue weighted by atomic mass is 19.1. The van der Waals surface area contributed by atoms with E-state index in [0.717, 1.165) is 25.7 Å². The molecule has 2 fully saturated rings. The van der Waals surface area contributed by atoms with E-state index in [1.807, 2.05) is 11.0 Å². The lowest BCUT2D eigenvalue weighted by atomic mass is 9.86. The van der Waals surface area contributed by atoms with Gasteiger partial charge < -0.3 is 15.3 Å². The van der Waals surface area contributed by atoms with Gasteiger partial charge >= 0.3 is 12.0 Å². The molecule has 3 rings (SSSR count). The maximum Gasteiger partial charge on any atom is 0.317 e. The number of rotatable bonds is 6. The van der Waals surface area contributed by atoms with Crippen molar-refractivity contribution >= 4 is 12.0 Å². The molecule has 0 saturated heterocycles. The fourth-order valence-electron chi connectivity index (χ4n) is 4.35. The van der Waals surface area contributed by atoms with Gasteiger partial charge in [0.2, 0.25) is 0 Å². The second-order valence-corrected chi connectivity index (χ2v) is 7.81. The Labute approximate surface area is 159 Å². The summed E-state index contributed by atoms with van der Waals surface area (Å²) in [5.41, 5.74) is 0.635. The number of halogens is 1. The summed E-state index contributed by atoms with van der Waals surface area (Å²) < 4.78 is 13.9. The van der Waals surface area contributed by atoms with Crippen molar-refractivity contribution in [3.63, 3.8) is 0 Å². The zero-order valence-electron chi connectivity index (χ0n) is 15.7. The molecule has 2 aliphatic rings. The summed E-state index contributed by atoms with van der Waals surface area (Å²) in [6.45, 7) is 0.502. The lowest BCUT2D eigenvalue weighted by Gasteiger charge is -2.33. The summed E-state index contributed by atoms with van der Waals surface area (Å²) in [6.07, 6.45) is 7.37. The molecule has 148 valence electrons. The van der Waals surface area contributed by atoms with Crippen molar-refractivity contribution in [2.24, 2.45) is 5.92 Å². The van der Waals surface area contributed by atoms with Crippen LogP contribution in [0.3, 0.4) is 0 Å². The Bertz CT molecular complexity index is 653. The number of hydrogen-bond donors (Lipinski definition) is 2. The second kappa shape index (κ2) is 9.20. The van der Waals surface area contributed by atoms with Gasteiger partial charge in [-0.05, 0) is 56.6 Å². The third-order valence-electron chi connectivity index (χ3n) is 6.01. The van der Waals surface area contributed by atoms with Gasteiger partial charge in [-0.2, -0.15) is 0 Å². The van der Waals surface area contributed by atoms with Gasteiger partial charge in [-0.25, -0.2) is 9.18 Å². The van der Waals surface area contributed by atoms with Crippen LogP contribution in [0.2, 0.25) is 0 Å². The van der Waals surface area contributed by atoms with Crippen LogP contribution in [0, 0.1) is 11.7 Å². The highest BCUT2D eigenvalue weighted by molar-refractivity contribution is 5.75. The summed E-state index contributed by atoms with van der Waals surface area (Å²) in [4.78, 5) is 25.9. The molecule has 0 bridgehead atoms. The van der Waals surface area contributed by atoms with Crippen molar-refractivity contribution in [3.05, 3.63) is 35.6 Å². The van der Waals surface area contributed by atoms with E-state index in [0.29, 0.717) is 44.2 Å². The van der Waals surface area contributed by atoms with Crippen molar-refractivity contribution in [3.8, 4) is 0 Å². The molecular formula is C21H29FN2O3. The Morgan fingerprint density at radius 2 is 1.74 bits per heavy atom. The highest BCUT2D eigenvalue weighted by Crippen LogP contribution is 2.27. The lowest BCUT2D eigenvalue weighted by molar-refractivity contribution is -0.142. The standard InChI is InChI=1S/C21H29FN2O3/c22-19-8-4-1-5-15(19)13-14-24(18-6-2-3-7-18)21(27)23-17-11-9-16(10-12-17)20(25)26/h1,4-5,8,16-18H,2-3,6-7,9-14H2,(H,23,27)(H,25,26). The number of nitrogens with one attached hydrogen (secondary N) is 1. The Morgan fingerprint density at radius 1 is 1.07 bits per heavy atom. The normalized spacial score (nSPS) is 23.1. The maximum atomic E-state index is 13.9. The van der Waals surface area contributed by atoms with E-state index in [-0.39, 0.29) is 29.8 Å². The number of carbonyl (C=O) groups is 2. The van der Waals surface area contributed by atoms with Crippen LogP contribution in [0.15, 0.2) is 24.3 Å². The van der Waals surface area contributed by atoms with E-state index in [1.54, 1.807) is 12.1 Å². The van der Waals surface area contributed by atoms with E-state index < -0.39 is 5.97 Å². The topological polar surface area (TPSA) is 69.6 Å². The molecule has 0 heterocycles. The number of carbonyl (C=O) groups excluding carboxylic acids is 1. The van der Waals surface area contributed by atoms with Gasteiger partial charge in [0.05, 0.1) is 5.92 Å². The number of carboxylic acids is 1. The SMILES string of the molecule is O=C(O)C1CCC(NC(=O)N(CCc2ccccc2F)C2CCCC2)CC1. The van der Waals surface area contributed by atoms with Crippen LogP contribution in [-0.4, -0.2) is 40.6 Å². The summed E-state index contributed by atoms with van der Waals surface area (Å²) in [6, 6.07) is 6.88. The van der Waals surface area contributed by atoms with Gasteiger partial charge in [-0.1, -0.05) is 31.0 Å². The summed E-state index contributed by atoms with van der Waals surface area (Å²) in [5.74, 6) is -1.25. The van der Waals surface area contributed by atoms with Gasteiger partial charge in [-0.3, -0.25) is 4.79 Å². The van der Waals surface area contributed by atoms with Crippen molar-refractivity contribution in [2.75, 3.05) is 6.54 Å². The van der Waals surface area contributed by atoms with E-state index in [4.69, 9.17) is 5.11 Å². The number of urea groups is 1. The maximum absolute atomic E-state index is 13.9. The van der Waals surface area contributed by atoms with Gasteiger partial charge in [0.15, 0.2) is 0 Å². The average molecular weight is 376 g/mol. The summed E-state index contributed by atoms with van der Waals surface area (Å²) >= 11 is 0. The molecule has 2 saturated carbocycles. The minimum atomic E-state index is -0.739. The number of carboxylic acid groups (broad SMARTS) is 1. The van der Waals surface area contributed by atoms with Gasteiger partial charge in [0, 0.05) is 18.6 Å².